The van der Waals surface area contributed by atoms with Crippen molar-refractivity contribution in [2.75, 3.05) is 13.2 Å². The molecule has 8 nitrogen and oxygen atoms in total. The molecular formula is C34H51N3O5. The molecule has 0 heterocycles. The van der Waals surface area contributed by atoms with Crippen LogP contribution in [0.15, 0.2) is 54.6 Å². The molecule has 0 radical (unpaired) electrons. The number of benzene rings is 2. The normalized spacial score (nSPS) is 15.0. The second kappa shape index (κ2) is 16.8. The van der Waals surface area contributed by atoms with E-state index in [1.165, 1.54) is 0 Å². The van der Waals surface area contributed by atoms with Gasteiger partial charge in [0.1, 0.15) is 17.4 Å². The molecule has 0 aliphatic rings. The molecule has 0 spiro atoms. The third-order valence-corrected chi connectivity index (χ3v) is 7.26. The second-order valence-corrected chi connectivity index (χ2v) is 12.2. The number of alkyl carbamates (subject to hydrolysis) is 1. The molecule has 5 atom stereocenters. The highest BCUT2D eigenvalue weighted by Crippen LogP contribution is 2.22. The summed E-state index contributed by atoms with van der Waals surface area (Å²) in [5.74, 6) is 0.218. The Morgan fingerprint density at radius 3 is 2.05 bits per heavy atom. The van der Waals surface area contributed by atoms with Crippen molar-refractivity contribution in [2.24, 2.45) is 11.8 Å². The molecule has 2 aromatic carbocycles. The standard InChI is InChI=1S/C34H51N3O5/c1-9-14-23(3)22-41-28-19-17-27(18-20-28)29(36-31(38)25(5)26-15-12-11-13-16-26)21-35-32(39)30(24(4)10-2)37-33(40)42-34(6,7)8/h11-13,15-20,23-25,29-30H,9-10,14,21-22H2,1-8H3,(H,35,39)(H,36,38)(H,37,40)/t23?,24-,25-,29-,30-/m0/s1. The maximum absolute atomic E-state index is 13.4. The molecule has 0 saturated carbocycles. The van der Waals surface area contributed by atoms with E-state index in [2.05, 4.69) is 29.8 Å². The highest BCUT2D eigenvalue weighted by Gasteiger charge is 2.29. The first-order valence-corrected chi connectivity index (χ1v) is 15.2. The molecule has 232 valence electrons. The number of amides is 3. The molecule has 0 fully saturated rings. The van der Waals surface area contributed by atoms with E-state index in [1.807, 2.05) is 75.4 Å². The van der Waals surface area contributed by atoms with Gasteiger partial charge in [-0.05, 0) is 69.2 Å². The van der Waals surface area contributed by atoms with Crippen molar-refractivity contribution in [1.29, 1.82) is 0 Å². The number of carbonyl (C=O) groups excluding carboxylic acids is 3. The highest BCUT2D eigenvalue weighted by atomic mass is 16.6. The average Bonchev–Trinajstić information content (AvgIpc) is 2.95. The van der Waals surface area contributed by atoms with Crippen molar-refractivity contribution in [1.82, 2.24) is 16.0 Å². The summed E-state index contributed by atoms with van der Waals surface area (Å²) < 4.78 is 11.4. The van der Waals surface area contributed by atoms with Crippen molar-refractivity contribution in [3.8, 4) is 5.75 Å². The van der Waals surface area contributed by atoms with Crippen LogP contribution in [-0.2, 0) is 14.3 Å². The lowest BCUT2D eigenvalue weighted by atomic mass is 9.97. The van der Waals surface area contributed by atoms with E-state index in [-0.39, 0.29) is 30.2 Å². The molecule has 0 aliphatic carbocycles. The van der Waals surface area contributed by atoms with E-state index < -0.39 is 23.8 Å². The first-order chi connectivity index (χ1) is 19.8. The summed E-state index contributed by atoms with van der Waals surface area (Å²) in [6.45, 7) is 16.2. The van der Waals surface area contributed by atoms with Gasteiger partial charge in [0.2, 0.25) is 11.8 Å². The molecule has 0 aromatic heterocycles. The van der Waals surface area contributed by atoms with Crippen LogP contribution in [0.25, 0.3) is 0 Å². The number of ether oxygens (including phenoxy) is 2. The SMILES string of the molecule is CCCC(C)COc1ccc([C@H](CNC(=O)[C@@H](NC(=O)OC(C)(C)C)[C@@H](C)CC)NC(=O)[C@@H](C)c2ccccc2)cc1. The average molecular weight is 582 g/mol. The lowest BCUT2D eigenvalue weighted by Crippen LogP contribution is -2.52. The predicted molar refractivity (Wildman–Crippen MR) is 167 cm³/mol. The van der Waals surface area contributed by atoms with Crippen LogP contribution in [0.3, 0.4) is 0 Å². The first-order valence-electron chi connectivity index (χ1n) is 15.2. The molecule has 1 unspecified atom stereocenters. The van der Waals surface area contributed by atoms with Gasteiger partial charge in [0.15, 0.2) is 0 Å². The molecular weight excluding hydrogens is 530 g/mol. The molecule has 2 aromatic rings. The maximum Gasteiger partial charge on any atom is 0.408 e. The third kappa shape index (κ3) is 11.7. The Balaban J connectivity index is 2.21. The summed E-state index contributed by atoms with van der Waals surface area (Å²) in [4.78, 5) is 39.2. The minimum atomic E-state index is -0.787. The predicted octanol–water partition coefficient (Wildman–Crippen LogP) is 6.52. The summed E-state index contributed by atoms with van der Waals surface area (Å²) in [7, 11) is 0. The van der Waals surface area contributed by atoms with Gasteiger partial charge in [-0.25, -0.2) is 4.79 Å². The van der Waals surface area contributed by atoms with Gasteiger partial charge in [-0.1, -0.05) is 83.0 Å². The van der Waals surface area contributed by atoms with E-state index in [9.17, 15) is 14.4 Å². The monoisotopic (exact) mass is 581 g/mol. The van der Waals surface area contributed by atoms with Crippen LogP contribution >= 0.6 is 0 Å². The van der Waals surface area contributed by atoms with Gasteiger partial charge in [-0.2, -0.15) is 0 Å². The summed E-state index contributed by atoms with van der Waals surface area (Å²) in [6.07, 6.45) is 2.25. The van der Waals surface area contributed by atoms with Crippen molar-refractivity contribution in [3.63, 3.8) is 0 Å². The van der Waals surface area contributed by atoms with Gasteiger partial charge in [0, 0.05) is 6.54 Å². The fourth-order valence-corrected chi connectivity index (χ4v) is 4.50. The van der Waals surface area contributed by atoms with E-state index in [1.54, 1.807) is 20.8 Å². The molecule has 0 aliphatic heterocycles. The zero-order chi connectivity index (χ0) is 31.3. The molecule has 3 amide bonds. The van der Waals surface area contributed by atoms with Gasteiger partial charge >= 0.3 is 6.09 Å². The van der Waals surface area contributed by atoms with E-state index >= 15 is 0 Å². The maximum atomic E-state index is 13.4. The number of carbonyl (C=O) groups is 3. The lowest BCUT2D eigenvalue weighted by Gasteiger charge is -2.27. The van der Waals surface area contributed by atoms with E-state index in [0.29, 0.717) is 18.9 Å². The number of hydrogen-bond donors (Lipinski definition) is 3. The van der Waals surface area contributed by atoms with Crippen LogP contribution in [-0.4, -0.2) is 42.7 Å². The molecule has 0 saturated heterocycles. The Labute approximate surface area is 252 Å². The Morgan fingerprint density at radius 1 is 0.833 bits per heavy atom. The van der Waals surface area contributed by atoms with Crippen molar-refractivity contribution in [2.45, 2.75) is 98.3 Å². The second-order valence-electron chi connectivity index (χ2n) is 12.2. The summed E-state index contributed by atoms with van der Waals surface area (Å²) in [6, 6.07) is 15.9. The van der Waals surface area contributed by atoms with Gasteiger partial charge in [0.25, 0.3) is 0 Å². The van der Waals surface area contributed by atoms with Crippen LogP contribution in [0.2, 0.25) is 0 Å². The van der Waals surface area contributed by atoms with Crippen molar-refractivity contribution < 1.29 is 23.9 Å². The molecule has 42 heavy (non-hydrogen) atoms. The van der Waals surface area contributed by atoms with Crippen molar-refractivity contribution >= 4 is 17.9 Å². The smallest absolute Gasteiger partial charge is 0.408 e. The number of rotatable bonds is 15. The Bertz CT molecular complexity index is 1110. The number of nitrogens with one attached hydrogen (secondary N) is 3. The summed E-state index contributed by atoms with van der Waals surface area (Å²) in [5.41, 5.74) is 1.05. The van der Waals surface area contributed by atoms with Crippen LogP contribution in [0, 0.1) is 11.8 Å². The molecule has 2 rings (SSSR count). The first kappa shape index (κ1) is 34.7. The number of hydrogen-bond acceptors (Lipinski definition) is 5. The van der Waals surface area contributed by atoms with Gasteiger partial charge in [-0.15, -0.1) is 0 Å². The molecule has 8 heteroatoms. The van der Waals surface area contributed by atoms with Gasteiger partial charge in [-0.3, -0.25) is 9.59 Å². The topological polar surface area (TPSA) is 106 Å². The zero-order valence-corrected chi connectivity index (χ0v) is 26.7. The highest BCUT2D eigenvalue weighted by molar-refractivity contribution is 5.86. The fourth-order valence-electron chi connectivity index (χ4n) is 4.50. The molecule has 3 N–H and O–H groups in total. The summed E-state index contributed by atoms with van der Waals surface area (Å²) >= 11 is 0. The Hall–Kier alpha value is -3.55. The van der Waals surface area contributed by atoms with Crippen LogP contribution in [0.1, 0.15) is 97.7 Å². The Morgan fingerprint density at radius 2 is 1.48 bits per heavy atom. The zero-order valence-electron chi connectivity index (χ0n) is 26.7. The largest absolute Gasteiger partial charge is 0.493 e. The van der Waals surface area contributed by atoms with Crippen LogP contribution < -0.4 is 20.7 Å². The third-order valence-electron chi connectivity index (χ3n) is 7.26. The van der Waals surface area contributed by atoms with Gasteiger partial charge < -0.3 is 25.4 Å². The van der Waals surface area contributed by atoms with Crippen molar-refractivity contribution in [3.05, 3.63) is 65.7 Å². The van der Waals surface area contributed by atoms with Crippen LogP contribution in [0.5, 0.6) is 5.75 Å². The Kier molecular flexibility index (Phi) is 13.8. The van der Waals surface area contributed by atoms with Gasteiger partial charge in [0.05, 0.1) is 18.6 Å². The lowest BCUT2D eigenvalue weighted by molar-refractivity contribution is -0.126. The summed E-state index contributed by atoms with van der Waals surface area (Å²) in [5, 5.41) is 8.81. The quantitative estimate of drug-likeness (QED) is 0.222. The minimum Gasteiger partial charge on any atom is -0.493 e. The minimum absolute atomic E-state index is 0.129. The van der Waals surface area contributed by atoms with E-state index in [4.69, 9.17) is 9.47 Å². The van der Waals surface area contributed by atoms with E-state index in [0.717, 1.165) is 29.7 Å². The fraction of sp³-hybridized carbons (Fsp3) is 0.559. The molecule has 0 bridgehead atoms. The van der Waals surface area contributed by atoms with Crippen LogP contribution in [0.4, 0.5) is 4.79 Å².